The molecule has 0 fully saturated rings. The predicted octanol–water partition coefficient (Wildman–Crippen LogP) is 2.88. The van der Waals surface area contributed by atoms with E-state index in [4.69, 9.17) is 10.1 Å². The van der Waals surface area contributed by atoms with Crippen LogP contribution in [0.1, 0.15) is 0 Å². The molecule has 0 aliphatic heterocycles. The highest BCUT2D eigenvalue weighted by atomic mass is 79.9. The van der Waals surface area contributed by atoms with E-state index in [9.17, 15) is 0 Å². The Hall–Kier alpha value is -1.24. The van der Waals surface area contributed by atoms with Gasteiger partial charge in [0.2, 0.25) is 0 Å². The third kappa shape index (κ3) is 3.62. The van der Waals surface area contributed by atoms with Gasteiger partial charge in [0.1, 0.15) is 11.5 Å². The molecule has 0 saturated carbocycles. The third-order valence-electron chi connectivity index (χ3n) is 2.49. The second kappa shape index (κ2) is 6.27. The summed E-state index contributed by atoms with van der Waals surface area (Å²) in [5, 5.41) is 12.1. The number of rotatable bonds is 3. The quantitative estimate of drug-likeness (QED) is 0.357. The van der Waals surface area contributed by atoms with Gasteiger partial charge in [-0.05, 0) is 40.2 Å². The zero-order valence-corrected chi connectivity index (χ0v) is 13.3. The smallest absolute Gasteiger partial charge is 0.157 e. The van der Waals surface area contributed by atoms with Crippen molar-refractivity contribution in [3.05, 3.63) is 45.4 Å². The molecule has 0 aromatic heterocycles. The van der Waals surface area contributed by atoms with Crippen molar-refractivity contribution in [1.29, 1.82) is 5.41 Å². The number of nitrogens with zero attached hydrogens (tertiary/aromatic N) is 1. The van der Waals surface area contributed by atoms with Crippen LogP contribution in [0.5, 0.6) is 5.75 Å². The van der Waals surface area contributed by atoms with Crippen LogP contribution in [-0.2, 0) is 0 Å². The van der Waals surface area contributed by atoms with Crippen molar-refractivity contribution < 1.29 is 10.2 Å². The van der Waals surface area contributed by atoms with Crippen LogP contribution in [0.4, 0.5) is 5.69 Å². The summed E-state index contributed by atoms with van der Waals surface area (Å²) >= 11 is 6.80. The van der Waals surface area contributed by atoms with Gasteiger partial charge < -0.3 is 4.74 Å². The number of benzene rings is 1. The molecular formula is C13H12Br2N3O+. The van der Waals surface area contributed by atoms with Crippen molar-refractivity contribution in [2.75, 3.05) is 7.11 Å². The second-order valence-electron chi connectivity index (χ2n) is 3.81. The molecule has 0 unspecified atom stereocenters. The number of allylic oxidation sites excluding steroid dienone is 4. The molecule has 0 saturated heterocycles. The number of ether oxygens (including phenoxy) is 1. The summed E-state index contributed by atoms with van der Waals surface area (Å²) in [7, 11) is 1.63. The molecule has 3 N–H and O–H groups in total. The molecule has 1 aromatic rings. The highest BCUT2D eigenvalue weighted by Crippen LogP contribution is 2.25. The molecule has 0 amide bonds. The molecule has 0 bridgehead atoms. The fourth-order valence-corrected chi connectivity index (χ4v) is 2.43. The first-order chi connectivity index (χ1) is 9.10. The average molecular weight is 386 g/mol. The molecule has 0 atom stereocenters. The van der Waals surface area contributed by atoms with E-state index >= 15 is 0 Å². The summed E-state index contributed by atoms with van der Waals surface area (Å²) in [6.07, 6.45) is 5.35. The molecule has 1 aliphatic rings. The Bertz CT molecular complexity index is 606. The van der Waals surface area contributed by atoms with Gasteiger partial charge in [0.05, 0.1) is 17.3 Å². The fourth-order valence-electron chi connectivity index (χ4n) is 1.52. The number of nitrogens with two attached hydrogens (primary N) is 1. The normalized spacial score (nSPS) is 16.7. The first-order valence-corrected chi connectivity index (χ1v) is 7.07. The maximum absolute atomic E-state index is 7.78. The van der Waals surface area contributed by atoms with Gasteiger partial charge in [0.15, 0.2) is 5.69 Å². The first kappa shape index (κ1) is 14.2. The lowest BCUT2D eigenvalue weighted by atomic mass is 10.1. The summed E-state index contributed by atoms with van der Waals surface area (Å²) in [6, 6.07) is 5.70. The summed E-state index contributed by atoms with van der Waals surface area (Å²) in [5.74, 6) is 0.779. The van der Waals surface area contributed by atoms with Gasteiger partial charge in [-0.3, -0.25) is 5.41 Å². The standard InChI is InChI=1S/C13H11Br2N3O/c1-19-13-5-3-9(7-10(13)15)17-18-12-6-8(14)2-4-11(12)16/h2-7,16-17H,1H3/p+1/b16-11?,18-12-. The van der Waals surface area contributed by atoms with Crippen molar-refractivity contribution in [1.82, 2.24) is 0 Å². The summed E-state index contributed by atoms with van der Waals surface area (Å²) in [4.78, 5) is 0. The number of methoxy groups -OCH3 is 1. The minimum atomic E-state index is 0.395. The van der Waals surface area contributed by atoms with Gasteiger partial charge in [-0.1, -0.05) is 21.0 Å². The molecular weight excluding hydrogens is 374 g/mol. The monoisotopic (exact) mass is 384 g/mol. The Kier molecular flexibility index (Phi) is 4.68. The van der Waals surface area contributed by atoms with Crippen molar-refractivity contribution >= 4 is 49.0 Å². The third-order valence-corrected chi connectivity index (χ3v) is 3.60. The molecule has 98 valence electrons. The van der Waals surface area contributed by atoms with Crippen LogP contribution in [0, 0.1) is 5.41 Å². The average Bonchev–Trinajstić information content (AvgIpc) is 2.40. The topological polar surface area (TPSA) is 62.1 Å². The molecule has 1 aliphatic carbocycles. The Labute approximate surface area is 128 Å². The maximum atomic E-state index is 7.78. The summed E-state index contributed by atoms with van der Waals surface area (Å²) in [6.45, 7) is 0. The van der Waals surface area contributed by atoms with Crippen LogP contribution in [0.3, 0.4) is 0 Å². The number of hydrogen-bond acceptors (Lipinski definition) is 3. The van der Waals surface area contributed by atoms with Crippen molar-refractivity contribution in [3.63, 3.8) is 0 Å². The molecule has 0 spiro atoms. The first-order valence-electron chi connectivity index (χ1n) is 5.49. The van der Waals surface area contributed by atoms with E-state index in [0.717, 1.165) is 20.4 Å². The van der Waals surface area contributed by atoms with Gasteiger partial charge in [-0.25, -0.2) is 0 Å². The van der Waals surface area contributed by atoms with Crippen LogP contribution in [0.2, 0.25) is 0 Å². The van der Waals surface area contributed by atoms with Gasteiger partial charge >= 0.3 is 0 Å². The Morgan fingerprint density at radius 3 is 2.74 bits per heavy atom. The molecule has 0 radical (unpaired) electrons. The van der Waals surface area contributed by atoms with Crippen LogP contribution in [-0.4, -0.2) is 18.5 Å². The fraction of sp³-hybridized carbons (Fsp3) is 0.0769. The zero-order chi connectivity index (χ0) is 13.8. The van der Waals surface area contributed by atoms with Gasteiger partial charge in [0, 0.05) is 16.6 Å². The zero-order valence-electron chi connectivity index (χ0n) is 10.2. The van der Waals surface area contributed by atoms with Crippen LogP contribution >= 0.6 is 31.9 Å². The number of nitrogens with one attached hydrogen (secondary N) is 1. The van der Waals surface area contributed by atoms with Crippen molar-refractivity contribution in [2.45, 2.75) is 0 Å². The van der Waals surface area contributed by atoms with Crippen molar-refractivity contribution in [3.8, 4) is 5.75 Å². The predicted molar refractivity (Wildman–Crippen MR) is 83.6 cm³/mol. The van der Waals surface area contributed by atoms with Crippen LogP contribution < -0.4 is 10.2 Å². The van der Waals surface area contributed by atoms with Crippen molar-refractivity contribution in [2.24, 2.45) is 5.10 Å². The van der Waals surface area contributed by atoms with Gasteiger partial charge in [0.25, 0.3) is 0 Å². The lowest BCUT2D eigenvalue weighted by molar-refractivity contribution is -0.577. The molecule has 6 heteroatoms. The Morgan fingerprint density at radius 2 is 2.05 bits per heavy atom. The number of quaternary nitrogens is 1. The van der Waals surface area contributed by atoms with Gasteiger partial charge in [-0.15, -0.1) is 0 Å². The highest BCUT2D eigenvalue weighted by molar-refractivity contribution is 9.12. The van der Waals surface area contributed by atoms with E-state index < -0.39 is 0 Å². The Balaban J connectivity index is 2.16. The lowest BCUT2D eigenvalue weighted by Crippen LogP contribution is -2.71. The van der Waals surface area contributed by atoms with E-state index in [1.807, 2.05) is 30.4 Å². The highest BCUT2D eigenvalue weighted by Gasteiger charge is 2.10. The molecule has 2 rings (SSSR count). The largest absolute Gasteiger partial charge is 0.496 e. The van der Waals surface area contributed by atoms with E-state index in [-0.39, 0.29) is 0 Å². The molecule has 19 heavy (non-hydrogen) atoms. The van der Waals surface area contributed by atoms with E-state index in [1.54, 1.807) is 18.6 Å². The summed E-state index contributed by atoms with van der Waals surface area (Å²) < 4.78 is 6.95. The maximum Gasteiger partial charge on any atom is 0.157 e. The SMILES string of the molecule is COc1ccc([NH2+]/N=C2/C=C(Br)C=CC2=N)cc1Br. The van der Waals surface area contributed by atoms with E-state index in [2.05, 4.69) is 37.0 Å². The Morgan fingerprint density at radius 1 is 1.26 bits per heavy atom. The second-order valence-corrected chi connectivity index (χ2v) is 5.58. The number of hydrogen-bond donors (Lipinski definition) is 2. The summed E-state index contributed by atoms with van der Waals surface area (Å²) in [5.41, 5.74) is 3.68. The minimum absolute atomic E-state index is 0.395. The van der Waals surface area contributed by atoms with E-state index in [1.165, 1.54) is 0 Å². The lowest BCUT2D eigenvalue weighted by Gasteiger charge is -2.05. The van der Waals surface area contributed by atoms with E-state index in [0.29, 0.717) is 11.4 Å². The van der Waals surface area contributed by atoms with Crippen LogP contribution in [0.25, 0.3) is 0 Å². The molecule has 1 aromatic carbocycles. The molecule has 4 nitrogen and oxygen atoms in total. The number of halogens is 2. The minimum Gasteiger partial charge on any atom is -0.496 e. The van der Waals surface area contributed by atoms with Gasteiger partial charge in [-0.2, -0.15) is 5.43 Å². The van der Waals surface area contributed by atoms with Crippen LogP contribution in [0.15, 0.2) is 50.5 Å². The molecule has 0 heterocycles.